The molecule has 0 aliphatic heterocycles. The number of hydrogen-bond acceptors (Lipinski definition) is 3. The number of likely N-dealkylation sites (N-methyl/N-ethyl adjacent to an activating group) is 1. The van der Waals surface area contributed by atoms with Gasteiger partial charge in [0.05, 0.1) is 24.3 Å². The summed E-state index contributed by atoms with van der Waals surface area (Å²) in [5.74, 6) is -0.956. The molecule has 28 heavy (non-hydrogen) atoms. The second-order valence-corrected chi connectivity index (χ2v) is 6.58. The number of anilines is 2. The van der Waals surface area contributed by atoms with Gasteiger partial charge in [-0.15, -0.1) is 0 Å². The van der Waals surface area contributed by atoms with Crippen LogP contribution in [-0.4, -0.2) is 36.9 Å². The smallest absolute Gasteiger partial charge is 0.324 e. The van der Waals surface area contributed by atoms with Gasteiger partial charge in [-0.2, -0.15) is 13.2 Å². The van der Waals surface area contributed by atoms with E-state index < -0.39 is 17.6 Å². The highest BCUT2D eigenvalue weighted by molar-refractivity contribution is 5.95. The molecule has 2 aromatic carbocycles. The topological polar surface area (TPSA) is 61.4 Å². The Hall–Kier alpha value is -2.87. The van der Waals surface area contributed by atoms with E-state index in [1.54, 1.807) is 7.05 Å². The number of nitrogens with one attached hydrogen (secondary N) is 2. The van der Waals surface area contributed by atoms with Crippen molar-refractivity contribution in [1.29, 1.82) is 0 Å². The number of benzene rings is 2. The molecule has 0 saturated carbocycles. The van der Waals surface area contributed by atoms with E-state index >= 15 is 0 Å². The van der Waals surface area contributed by atoms with Gasteiger partial charge in [-0.25, -0.2) is 0 Å². The summed E-state index contributed by atoms with van der Waals surface area (Å²) in [6, 6.07) is 10.4. The Morgan fingerprint density at radius 3 is 2.00 bits per heavy atom. The van der Waals surface area contributed by atoms with Gasteiger partial charge in [-0.05, 0) is 44.2 Å². The van der Waals surface area contributed by atoms with Gasteiger partial charge in [0.15, 0.2) is 0 Å². The number of nitrogens with zero attached hydrogens (tertiary/aromatic N) is 1. The molecule has 150 valence electrons. The minimum atomic E-state index is -4.57. The van der Waals surface area contributed by atoms with Crippen LogP contribution in [0.15, 0.2) is 42.5 Å². The predicted molar refractivity (Wildman–Crippen MR) is 102 cm³/mol. The first-order valence-corrected chi connectivity index (χ1v) is 8.58. The molecule has 0 aromatic heterocycles. The van der Waals surface area contributed by atoms with Crippen LogP contribution >= 0.6 is 0 Å². The summed E-state index contributed by atoms with van der Waals surface area (Å²) < 4.78 is 39.0. The SMILES string of the molecule is Cc1cccc(C)c1NC(=O)CN(C)CC(=O)Nc1ccccc1C(F)(F)F. The fraction of sp³-hybridized carbons (Fsp3) is 0.300. The zero-order valence-electron chi connectivity index (χ0n) is 15.9. The van der Waals surface area contributed by atoms with Crippen LogP contribution in [0.2, 0.25) is 0 Å². The maximum Gasteiger partial charge on any atom is 0.418 e. The standard InChI is InChI=1S/C20H22F3N3O2/c1-13-7-6-8-14(2)19(13)25-18(28)12-26(3)11-17(27)24-16-10-5-4-9-15(16)20(21,22)23/h4-10H,11-12H2,1-3H3,(H,24,27)(H,25,28). The molecule has 0 bridgehead atoms. The minimum Gasteiger partial charge on any atom is -0.324 e. The molecule has 0 heterocycles. The number of alkyl halides is 3. The van der Waals surface area contributed by atoms with Gasteiger partial charge in [0, 0.05) is 5.69 Å². The summed E-state index contributed by atoms with van der Waals surface area (Å²) in [6.07, 6.45) is -4.57. The molecular weight excluding hydrogens is 371 g/mol. The molecule has 0 aliphatic carbocycles. The number of aryl methyl sites for hydroxylation is 2. The van der Waals surface area contributed by atoms with Gasteiger partial charge >= 0.3 is 6.18 Å². The first-order chi connectivity index (χ1) is 13.1. The first kappa shape index (κ1) is 21.4. The molecule has 0 aliphatic rings. The average molecular weight is 393 g/mol. The zero-order chi connectivity index (χ0) is 20.9. The van der Waals surface area contributed by atoms with E-state index in [9.17, 15) is 22.8 Å². The van der Waals surface area contributed by atoms with Crippen LogP contribution in [0.5, 0.6) is 0 Å². The lowest BCUT2D eigenvalue weighted by atomic mass is 10.1. The van der Waals surface area contributed by atoms with Crippen LogP contribution in [0.4, 0.5) is 24.5 Å². The van der Waals surface area contributed by atoms with Gasteiger partial charge in [-0.3, -0.25) is 14.5 Å². The third kappa shape index (κ3) is 5.82. The number of halogens is 3. The van der Waals surface area contributed by atoms with Crippen molar-refractivity contribution >= 4 is 23.2 Å². The molecule has 5 nitrogen and oxygen atoms in total. The first-order valence-electron chi connectivity index (χ1n) is 8.58. The van der Waals surface area contributed by atoms with Gasteiger partial charge in [-0.1, -0.05) is 30.3 Å². The summed E-state index contributed by atoms with van der Waals surface area (Å²) in [4.78, 5) is 25.7. The maximum atomic E-state index is 13.0. The third-order valence-corrected chi connectivity index (χ3v) is 4.08. The number of amides is 2. The lowest BCUT2D eigenvalue weighted by Gasteiger charge is -2.18. The van der Waals surface area contributed by atoms with Gasteiger partial charge < -0.3 is 10.6 Å². The van der Waals surface area contributed by atoms with E-state index in [2.05, 4.69) is 10.6 Å². The second-order valence-electron chi connectivity index (χ2n) is 6.58. The summed E-state index contributed by atoms with van der Waals surface area (Å²) in [6.45, 7) is 3.43. The molecule has 0 saturated heterocycles. The maximum absolute atomic E-state index is 13.0. The second kappa shape index (κ2) is 8.88. The summed E-state index contributed by atoms with van der Waals surface area (Å²) in [5, 5.41) is 5.06. The number of hydrogen-bond donors (Lipinski definition) is 2. The van der Waals surface area contributed by atoms with Crippen LogP contribution in [-0.2, 0) is 15.8 Å². The normalized spacial score (nSPS) is 11.4. The van der Waals surface area contributed by atoms with Crippen LogP contribution in [0.25, 0.3) is 0 Å². The molecule has 0 spiro atoms. The van der Waals surface area contributed by atoms with E-state index in [0.717, 1.165) is 17.2 Å². The van der Waals surface area contributed by atoms with Gasteiger partial charge in [0.25, 0.3) is 0 Å². The molecule has 0 radical (unpaired) electrons. The fourth-order valence-corrected chi connectivity index (χ4v) is 2.77. The van der Waals surface area contributed by atoms with Crippen molar-refractivity contribution in [2.24, 2.45) is 0 Å². The molecule has 8 heteroatoms. The predicted octanol–water partition coefficient (Wildman–Crippen LogP) is 3.83. The molecule has 2 rings (SSSR count). The van der Waals surface area contributed by atoms with E-state index in [1.165, 1.54) is 23.1 Å². The van der Waals surface area contributed by atoms with Crippen molar-refractivity contribution in [2.45, 2.75) is 20.0 Å². The number of carbonyl (C=O) groups is 2. The Morgan fingerprint density at radius 1 is 0.893 bits per heavy atom. The summed E-state index contributed by atoms with van der Waals surface area (Å²) in [7, 11) is 1.54. The highest BCUT2D eigenvalue weighted by Crippen LogP contribution is 2.34. The van der Waals surface area contributed by atoms with E-state index in [0.29, 0.717) is 5.69 Å². The van der Waals surface area contributed by atoms with Crippen molar-refractivity contribution in [3.63, 3.8) is 0 Å². The zero-order valence-corrected chi connectivity index (χ0v) is 15.9. The quantitative estimate of drug-likeness (QED) is 0.784. The summed E-state index contributed by atoms with van der Waals surface area (Å²) in [5.41, 5.74) is 1.31. The monoisotopic (exact) mass is 393 g/mol. The Bertz CT molecular complexity index is 846. The average Bonchev–Trinajstić information content (AvgIpc) is 2.57. The Labute approximate surface area is 161 Å². The Balaban J connectivity index is 1.94. The van der Waals surface area contributed by atoms with Crippen molar-refractivity contribution in [3.8, 4) is 0 Å². The van der Waals surface area contributed by atoms with Gasteiger partial charge in [0.2, 0.25) is 11.8 Å². The third-order valence-electron chi connectivity index (χ3n) is 4.08. The lowest BCUT2D eigenvalue weighted by molar-refractivity contribution is -0.137. The number of para-hydroxylation sites is 2. The Kier molecular flexibility index (Phi) is 6.80. The van der Waals surface area contributed by atoms with Crippen LogP contribution in [0.3, 0.4) is 0 Å². The highest BCUT2D eigenvalue weighted by Gasteiger charge is 2.33. The highest BCUT2D eigenvalue weighted by atomic mass is 19.4. The molecule has 0 atom stereocenters. The molecule has 0 fully saturated rings. The van der Waals surface area contributed by atoms with E-state index in [1.807, 2.05) is 32.0 Å². The van der Waals surface area contributed by atoms with Crippen molar-refractivity contribution < 1.29 is 22.8 Å². The van der Waals surface area contributed by atoms with E-state index in [4.69, 9.17) is 0 Å². The Morgan fingerprint density at radius 2 is 1.43 bits per heavy atom. The molecule has 0 unspecified atom stereocenters. The largest absolute Gasteiger partial charge is 0.418 e. The molecule has 2 N–H and O–H groups in total. The van der Waals surface area contributed by atoms with Gasteiger partial charge in [0.1, 0.15) is 0 Å². The van der Waals surface area contributed by atoms with E-state index in [-0.39, 0.29) is 24.7 Å². The van der Waals surface area contributed by atoms with Crippen LogP contribution < -0.4 is 10.6 Å². The number of carbonyl (C=O) groups excluding carboxylic acids is 2. The molecule has 2 amide bonds. The van der Waals surface area contributed by atoms with Crippen molar-refractivity contribution in [3.05, 3.63) is 59.2 Å². The minimum absolute atomic E-state index is 0.0812. The lowest BCUT2D eigenvalue weighted by Crippen LogP contribution is -2.36. The fourth-order valence-electron chi connectivity index (χ4n) is 2.77. The number of rotatable bonds is 6. The van der Waals surface area contributed by atoms with Crippen molar-refractivity contribution in [2.75, 3.05) is 30.8 Å². The van der Waals surface area contributed by atoms with Crippen LogP contribution in [0.1, 0.15) is 16.7 Å². The molecular formula is C20H22F3N3O2. The van der Waals surface area contributed by atoms with Crippen molar-refractivity contribution in [1.82, 2.24) is 4.90 Å². The van der Waals surface area contributed by atoms with Crippen LogP contribution in [0, 0.1) is 13.8 Å². The summed E-state index contributed by atoms with van der Waals surface area (Å²) >= 11 is 0. The molecule has 2 aromatic rings.